The van der Waals surface area contributed by atoms with E-state index in [1.54, 1.807) is 0 Å². The molecule has 3 unspecified atom stereocenters. The summed E-state index contributed by atoms with van der Waals surface area (Å²) in [7, 11) is 0. The number of hydrogen-bond donors (Lipinski definition) is 2. The SMILES string of the molecule is CCC1CCC(N)C(SCCO)C1. The Hall–Kier alpha value is 0.270. The fourth-order valence-corrected chi connectivity index (χ4v) is 3.20. The summed E-state index contributed by atoms with van der Waals surface area (Å²) >= 11 is 1.85. The van der Waals surface area contributed by atoms with Gasteiger partial charge in [-0.2, -0.15) is 11.8 Å². The van der Waals surface area contributed by atoms with Gasteiger partial charge in [0.15, 0.2) is 0 Å². The quantitative estimate of drug-likeness (QED) is 0.730. The molecule has 3 heteroatoms. The van der Waals surface area contributed by atoms with Gasteiger partial charge < -0.3 is 10.8 Å². The summed E-state index contributed by atoms with van der Waals surface area (Å²) in [6, 6.07) is 0.361. The Balaban J connectivity index is 2.31. The van der Waals surface area contributed by atoms with Crippen LogP contribution in [0.2, 0.25) is 0 Å². The van der Waals surface area contributed by atoms with Crippen molar-refractivity contribution in [2.24, 2.45) is 11.7 Å². The van der Waals surface area contributed by atoms with Gasteiger partial charge in [0.2, 0.25) is 0 Å². The maximum absolute atomic E-state index is 8.74. The van der Waals surface area contributed by atoms with E-state index in [-0.39, 0.29) is 6.61 Å². The summed E-state index contributed by atoms with van der Waals surface area (Å²) in [5.41, 5.74) is 6.03. The molecule has 1 aliphatic carbocycles. The van der Waals surface area contributed by atoms with Crippen molar-refractivity contribution in [2.45, 2.75) is 43.9 Å². The van der Waals surface area contributed by atoms with Crippen molar-refractivity contribution in [3.05, 3.63) is 0 Å². The standard InChI is InChI=1S/C10H21NOS/c1-2-8-3-4-9(11)10(7-8)13-6-5-12/h8-10,12H,2-7,11H2,1H3. The summed E-state index contributed by atoms with van der Waals surface area (Å²) < 4.78 is 0. The van der Waals surface area contributed by atoms with E-state index < -0.39 is 0 Å². The number of aliphatic hydroxyl groups is 1. The van der Waals surface area contributed by atoms with E-state index in [0.29, 0.717) is 11.3 Å². The minimum atomic E-state index is 0.282. The third kappa shape index (κ3) is 3.49. The molecule has 3 N–H and O–H groups in total. The molecule has 2 nitrogen and oxygen atoms in total. The number of thioether (sulfide) groups is 1. The first-order valence-electron chi connectivity index (χ1n) is 5.26. The average Bonchev–Trinajstić information content (AvgIpc) is 2.17. The van der Waals surface area contributed by atoms with E-state index in [4.69, 9.17) is 10.8 Å². The van der Waals surface area contributed by atoms with Gasteiger partial charge in [-0.15, -0.1) is 0 Å². The normalized spacial score (nSPS) is 34.8. The molecular formula is C10H21NOS. The minimum Gasteiger partial charge on any atom is -0.396 e. The Kier molecular flexibility index (Phi) is 5.14. The first-order chi connectivity index (χ1) is 6.27. The van der Waals surface area contributed by atoms with Gasteiger partial charge in [-0.25, -0.2) is 0 Å². The zero-order valence-electron chi connectivity index (χ0n) is 8.41. The molecule has 0 amide bonds. The number of hydrogen-bond acceptors (Lipinski definition) is 3. The van der Waals surface area contributed by atoms with Gasteiger partial charge >= 0.3 is 0 Å². The molecule has 1 aliphatic rings. The molecular weight excluding hydrogens is 182 g/mol. The van der Waals surface area contributed by atoms with Crippen molar-refractivity contribution >= 4 is 11.8 Å². The molecule has 1 saturated carbocycles. The van der Waals surface area contributed by atoms with Crippen molar-refractivity contribution < 1.29 is 5.11 Å². The summed E-state index contributed by atoms with van der Waals surface area (Å²) in [6.07, 6.45) is 5.00. The lowest BCUT2D eigenvalue weighted by Crippen LogP contribution is -2.38. The molecule has 78 valence electrons. The molecule has 0 aromatic heterocycles. The van der Waals surface area contributed by atoms with Gasteiger partial charge in [-0.1, -0.05) is 13.3 Å². The molecule has 0 spiro atoms. The van der Waals surface area contributed by atoms with Crippen LogP contribution < -0.4 is 5.73 Å². The van der Waals surface area contributed by atoms with E-state index in [1.165, 1.54) is 25.7 Å². The average molecular weight is 203 g/mol. The van der Waals surface area contributed by atoms with Crippen molar-refractivity contribution in [1.29, 1.82) is 0 Å². The largest absolute Gasteiger partial charge is 0.396 e. The van der Waals surface area contributed by atoms with Crippen LogP contribution in [0.5, 0.6) is 0 Å². The van der Waals surface area contributed by atoms with Crippen LogP contribution >= 0.6 is 11.8 Å². The Morgan fingerprint density at radius 2 is 2.23 bits per heavy atom. The number of rotatable bonds is 4. The predicted octanol–water partition coefficient (Wildman–Crippen LogP) is 1.62. The lowest BCUT2D eigenvalue weighted by Gasteiger charge is -2.33. The monoisotopic (exact) mass is 203 g/mol. The fourth-order valence-electron chi connectivity index (χ4n) is 2.00. The zero-order chi connectivity index (χ0) is 9.68. The number of aliphatic hydroxyl groups excluding tert-OH is 1. The van der Waals surface area contributed by atoms with Gasteiger partial charge in [0.05, 0.1) is 6.61 Å². The number of nitrogens with two attached hydrogens (primary N) is 1. The van der Waals surface area contributed by atoms with Crippen LogP contribution in [0.4, 0.5) is 0 Å². The first-order valence-corrected chi connectivity index (χ1v) is 6.30. The topological polar surface area (TPSA) is 46.2 Å². The summed E-state index contributed by atoms with van der Waals surface area (Å²) in [5, 5.41) is 9.33. The second-order valence-corrected chi connectivity index (χ2v) is 5.23. The molecule has 1 fully saturated rings. The summed E-state index contributed by atoms with van der Waals surface area (Å²) in [6.45, 7) is 2.54. The highest BCUT2D eigenvalue weighted by atomic mass is 32.2. The van der Waals surface area contributed by atoms with Crippen LogP contribution in [0.15, 0.2) is 0 Å². The van der Waals surface area contributed by atoms with Gasteiger partial charge in [-0.3, -0.25) is 0 Å². The molecule has 0 radical (unpaired) electrons. The lowest BCUT2D eigenvalue weighted by atomic mass is 9.84. The first kappa shape index (κ1) is 11.3. The Morgan fingerprint density at radius 3 is 2.85 bits per heavy atom. The van der Waals surface area contributed by atoms with Gasteiger partial charge in [0.25, 0.3) is 0 Å². The van der Waals surface area contributed by atoms with Crippen molar-refractivity contribution in [3.63, 3.8) is 0 Å². The lowest BCUT2D eigenvalue weighted by molar-refractivity contribution is 0.316. The van der Waals surface area contributed by atoms with Crippen molar-refractivity contribution in [3.8, 4) is 0 Å². The van der Waals surface area contributed by atoms with Crippen LogP contribution in [0.3, 0.4) is 0 Å². The van der Waals surface area contributed by atoms with Gasteiger partial charge in [-0.05, 0) is 25.2 Å². The zero-order valence-corrected chi connectivity index (χ0v) is 9.22. The van der Waals surface area contributed by atoms with Gasteiger partial charge in [0, 0.05) is 17.0 Å². The Bertz CT molecular complexity index is 143. The van der Waals surface area contributed by atoms with Crippen molar-refractivity contribution in [1.82, 2.24) is 0 Å². The molecule has 0 aliphatic heterocycles. The molecule has 0 bridgehead atoms. The van der Waals surface area contributed by atoms with Crippen LogP contribution in [-0.4, -0.2) is 28.8 Å². The molecule has 0 aromatic carbocycles. The molecule has 0 saturated heterocycles. The van der Waals surface area contributed by atoms with Crippen LogP contribution in [0.1, 0.15) is 32.6 Å². The maximum atomic E-state index is 8.74. The van der Waals surface area contributed by atoms with E-state index in [2.05, 4.69) is 6.92 Å². The van der Waals surface area contributed by atoms with Crippen LogP contribution in [-0.2, 0) is 0 Å². The smallest absolute Gasteiger partial charge is 0.0521 e. The third-order valence-corrected chi connectivity index (χ3v) is 4.34. The van der Waals surface area contributed by atoms with Crippen LogP contribution in [0, 0.1) is 5.92 Å². The van der Waals surface area contributed by atoms with Gasteiger partial charge in [0.1, 0.15) is 0 Å². The fraction of sp³-hybridized carbons (Fsp3) is 1.00. The highest BCUT2D eigenvalue weighted by Crippen LogP contribution is 2.32. The summed E-state index contributed by atoms with van der Waals surface area (Å²) in [5.74, 6) is 1.71. The molecule has 1 rings (SSSR count). The van der Waals surface area contributed by atoms with E-state index in [0.717, 1.165) is 11.7 Å². The van der Waals surface area contributed by atoms with E-state index >= 15 is 0 Å². The molecule has 13 heavy (non-hydrogen) atoms. The molecule has 3 atom stereocenters. The molecule has 0 heterocycles. The maximum Gasteiger partial charge on any atom is 0.0521 e. The third-order valence-electron chi connectivity index (χ3n) is 2.95. The highest BCUT2D eigenvalue weighted by Gasteiger charge is 2.27. The Labute approximate surface area is 85.3 Å². The predicted molar refractivity (Wildman–Crippen MR) is 58.9 cm³/mol. The second kappa shape index (κ2) is 5.89. The second-order valence-electron chi connectivity index (χ2n) is 3.88. The van der Waals surface area contributed by atoms with Crippen molar-refractivity contribution in [2.75, 3.05) is 12.4 Å². The Morgan fingerprint density at radius 1 is 1.46 bits per heavy atom. The summed E-state index contributed by atoms with van der Waals surface area (Å²) in [4.78, 5) is 0. The van der Waals surface area contributed by atoms with Crippen LogP contribution in [0.25, 0.3) is 0 Å². The van der Waals surface area contributed by atoms with E-state index in [1.807, 2.05) is 11.8 Å². The highest BCUT2D eigenvalue weighted by molar-refractivity contribution is 7.99. The van der Waals surface area contributed by atoms with E-state index in [9.17, 15) is 0 Å². The molecule has 0 aromatic rings. The minimum absolute atomic E-state index is 0.282.